The number of allylic oxidation sites excluding steroid dienone is 1. The van der Waals surface area contributed by atoms with Gasteiger partial charge in [0.25, 0.3) is 11.8 Å². The van der Waals surface area contributed by atoms with Gasteiger partial charge < -0.3 is 9.47 Å². The Balaban J connectivity index is 2.04. The van der Waals surface area contributed by atoms with Crippen LogP contribution in [0.5, 0.6) is 5.75 Å². The second-order valence-corrected chi connectivity index (χ2v) is 7.65. The standard InChI is InChI=1S/C21H15IN2O5/c1-10(2)29-21(27)24-15-7-4-12(28-3)8-11(15)9-16(24)13-5-6-14(22)18-17(13)19(25)23-20(18)26/h4-9H,1H2,2-3H3,(H,23,25,26). The lowest BCUT2D eigenvalue weighted by Crippen LogP contribution is -2.20. The molecule has 2 aromatic carbocycles. The van der Waals surface area contributed by atoms with Crippen molar-refractivity contribution in [2.24, 2.45) is 0 Å². The van der Waals surface area contributed by atoms with Crippen LogP contribution in [-0.2, 0) is 4.74 Å². The van der Waals surface area contributed by atoms with Crippen molar-refractivity contribution in [3.05, 3.63) is 63.4 Å². The van der Waals surface area contributed by atoms with Crippen molar-refractivity contribution in [1.29, 1.82) is 0 Å². The maximum atomic E-state index is 12.9. The lowest BCUT2D eigenvalue weighted by molar-refractivity contribution is 0.0879. The van der Waals surface area contributed by atoms with Crippen LogP contribution >= 0.6 is 22.6 Å². The van der Waals surface area contributed by atoms with Crippen molar-refractivity contribution < 1.29 is 23.9 Å². The number of fused-ring (bicyclic) bond motifs is 2. The van der Waals surface area contributed by atoms with E-state index in [4.69, 9.17) is 9.47 Å². The van der Waals surface area contributed by atoms with Crippen LogP contribution in [0.25, 0.3) is 22.2 Å². The molecule has 0 bridgehead atoms. The molecule has 0 radical (unpaired) electrons. The average molecular weight is 502 g/mol. The van der Waals surface area contributed by atoms with Crippen molar-refractivity contribution >= 4 is 51.4 Å². The molecule has 2 amide bonds. The summed E-state index contributed by atoms with van der Waals surface area (Å²) >= 11 is 2.01. The number of hydrogen-bond acceptors (Lipinski definition) is 5. The van der Waals surface area contributed by atoms with Gasteiger partial charge in [0.05, 0.1) is 35.2 Å². The molecule has 1 aliphatic heterocycles. The van der Waals surface area contributed by atoms with Crippen LogP contribution in [0.15, 0.2) is 48.7 Å². The second kappa shape index (κ2) is 7.03. The normalized spacial score (nSPS) is 12.7. The number of nitrogens with zero attached hydrogens (tertiary/aromatic N) is 1. The van der Waals surface area contributed by atoms with E-state index in [0.717, 1.165) is 5.39 Å². The number of rotatable bonds is 3. The molecule has 1 N–H and O–H groups in total. The van der Waals surface area contributed by atoms with Gasteiger partial charge in [0.1, 0.15) is 5.75 Å². The number of ether oxygens (including phenoxy) is 2. The largest absolute Gasteiger partial charge is 0.497 e. The van der Waals surface area contributed by atoms with Crippen molar-refractivity contribution in [2.45, 2.75) is 6.92 Å². The molecule has 29 heavy (non-hydrogen) atoms. The number of carbonyl (C=O) groups is 3. The van der Waals surface area contributed by atoms with E-state index in [1.54, 1.807) is 50.4 Å². The number of aromatic nitrogens is 1. The molecule has 0 atom stereocenters. The van der Waals surface area contributed by atoms with E-state index in [0.29, 0.717) is 31.7 Å². The Labute approximate surface area is 179 Å². The van der Waals surface area contributed by atoms with Crippen LogP contribution in [0.4, 0.5) is 4.79 Å². The first kappa shape index (κ1) is 19.2. The highest BCUT2D eigenvalue weighted by molar-refractivity contribution is 14.1. The number of carbonyl (C=O) groups excluding carboxylic acids is 3. The van der Waals surface area contributed by atoms with Crippen LogP contribution in [0.3, 0.4) is 0 Å². The zero-order valence-corrected chi connectivity index (χ0v) is 17.7. The minimum Gasteiger partial charge on any atom is -0.497 e. The zero-order valence-electron chi connectivity index (χ0n) is 15.5. The Morgan fingerprint density at radius 1 is 1.10 bits per heavy atom. The molecule has 0 spiro atoms. The third-order valence-electron chi connectivity index (χ3n) is 4.56. The summed E-state index contributed by atoms with van der Waals surface area (Å²) < 4.78 is 12.5. The zero-order chi connectivity index (χ0) is 20.9. The number of nitrogens with one attached hydrogen (secondary N) is 1. The minimum absolute atomic E-state index is 0.233. The van der Waals surface area contributed by atoms with E-state index in [2.05, 4.69) is 11.9 Å². The number of imide groups is 1. The first-order chi connectivity index (χ1) is 13.8. The highest BCUT2D eigenvalue weighted by Gasteiger charge is 2.33. The molecule has 0 saturated carbocycles. The number of amides is 2. The van der Waals surface area contributed by atoms with Gasteiger partial charge >= 0.3 is 6.09 Å². The Morgan fingerprint density at radius 3 is 2.52 bits per heavy atom. The van der Waals surface area contributed by atoms with Gasteiger partial charge in [-0.25, -0.2) is 9.36 Å². The second-order valence-electron chi connectivity index (χ2n) is 6.49. The highest BCUT2D eigenvalue weighted by Crippen LogP contribution is 2.36. The fraction of sp³-hybridized carbons (Fsp3) is 0.0952. The van der Waals surface area contributed by atoms with Crippen molar-refractivity contribution in [3.63, 3.8) is 0 Å². The summed E-state index contributed by atoms with van der Waals surface area (Å²) in [6.45, 7) is 5.19. The van der Waals surface area contributed by atoms with Crippen molar-refractivity contribution in [3.8, 4) is 17.0 Å². The lowest BCUT2D eigenvalue weighted by atomic mass is 10.00. The van der Waals surface area contributed by atoms with Gasteiger partial charge in [-0.1, -0.05) is 12.6 Å². The van der Waals surface area contributed by atoms with Crippen LogP contribution in [-0.4, -0.2) is 29.6 Å². The third-order valence-corrected chi connectivity index (χ3v) is 5.46. The molecule has 0 aliphatic carbocycles. The van der Waals surface area contributed by atoms with E-state index in [1.165, 1.54) is 4.57 Å². The summed E-state index contributed by atoms with van der Waals surface area (Å²) in [4.78, 5) is 37.6. The summed E-state index contributed by atoms with van der Waals surface area (Å²) in [5, 5.41) is 3.04. The molecule has 3 aromatic rings. The highest BCUT2D eigenvalue weighted by atomic mass is 127. The molecular weight excluding hydrogens is 487 g/mol. The first-order valence-electron chi connectivity index (χ1n) is 8.57. The van der Waals surface area contributed by atoms with Crippen LogP contribution in [0.1, 0.15) is 27.6 Å². The fourth-order valence-electron chi connectivity index (χ4n) is 3.39. The number of benzene rings is 2. The first-order valence-corrected chi connectivity index (χ1v) is 9.65. The van der Waals surface area contributed by atoms with Gasteiger partial charge in [-0.3, -0.25) is 14.9 Å². The van der Waals surface area contributed by atoms with Crippen LogP contribution < -0.4 is 10.1 Å². The average Bonchev–Trinajstić information content (AvgIpc) is 3.19. The maximum Gasteiger partial charge on any atom is 0.424 e. The van der Waals surface area contributed by atoms with Crippen molar-refractivity contribution in [1.82, 2.24) is 9.88 Å². The molecule has 0 saturated heterocycles. The molecule has 4 rings (SSSR count). The van der Waals surface area contributed by atoms with E-state index in [-0.39, 0.29) is 11.3 Å². The third kappa shape index (κ3) is 3.09. The predicted octanol–water partition coefficient (Wildman–Crippen LogP) is 4.32. The minimum atomic E-state index is -0.662. The van der Waals surface area contributed by atoms with E-state index < -0.39 is 17.9 Å². The van der Waals surface area contributed by atoms with Crippen LogP contribution in [0, 0.1) is 3.57 Å². The summed E-state index contributed by atoms with van der Waals surface area (Å²) in [5.41, 5.74) is 2.00. The SMILES string of the molecule is C=C(C)OC(=O)n1c(-c2ccc(I)c3c2C(=O)NC3=O)cc2cc(OC)ccc21. The number of hydrogen-bond donors (Lipinski definition) is 1. The smallest absolute Gasteiger partial charge is 0.424 e. The molecule has 0 fully saturated rings. The quantitative estimate of drug-likeness (QED) is 0.328. The van der Waals surface area contributed by atoms with Gasteiger partial charge in [-0.2, -0.15) is 0 Å². The van der Waals surface area contributed by atoms with E-state index >= 15 is 0 Å². The summed E-state index contributed by atoms with van der Waals surface area (Å²) in [5.74, 6) is -0.0986. The van der Waals surface area contributed by atoms with Crippen LogP contribution in [0.2, 0.25) is 0 Å². The molecule has 1 aromatic heterocycles. The summed E-state index contributed by atoms with van der Waals surface area (Å²) in [6.07, 6.45) is -0.662. The van der Waals surface area contributed by atoms with Gasteiger partial charge in [-0.05, 0) is 59.8 Å². The van der Waals surface area contributed by atoms with E-state index in [9.17, 15) is 14.4 Å². The van der Waals surface area contributed by atoms with Crippen molar-refractivity contribution in [2.75, 3.05) is 7.11 Å². The molecule has 0 unspecified atom stereocenters. The fourth-order valence-corrected chi connectivity index (χ4v) is 4.08. The van der Waals surface area contributed by atoms with Gasteiger partial charge in [0, 0.05) is 14.5 Å². The molecular formula is C21H15IN2O5. The molecule has 1 aliphatic rings. The van der Waals surface area contributed by atoms with Gasteiger partial charge in [0.2, 0.25) is 0 Å². The molecule has 2 heterocycles. The van der Waals surface area contributed by atoms with Gasteiger partial charge in [-0.15, -0.1) is 0 Å². The number of methoxy groups -OCH3 is 1. The summed E-state index contributed by atoms with van der Waals surface area (Å²) in [7, 11) is 1.55. The Bertz CT molecular complexity index is 1240. The molecule has 7 nitrogen and oxygen atoms in total. The maximum absolute atomic E-state index is 12.9. The Kier molecular flexibility index (Phi) is 4.65. The molecule has 146 valence electrons. The summed E-state index contributed by atoms with van der Waals surface area (Å²) in [6, 6.07) is 10.5. The lowest BCUT2D eigenvalue weighted by Gasteiger charge is -2.12. The Morgan fingerprint density at radius 2 is 1.83 bits per heavy atom. The monoisotopic (exact) mass is 502 g/mol. The topological polar surface area (TPSA) is 86.6 Å². The van der Waals surface area contributed by atoms with Gasteiger partial charge in [0.15, 0.2) is 0 Å². The van der Waals surface area contributed by atoms with E-state index in [1.807, 2.05) is 22.6 Å². The molecule has 8 heteroatoms. The predicted molar refractivity (Wildman–Crippen MR) is 115 cm³/mol. The Hall–Kier alpha value is -3.14. The number of halogens is 1.